The van der Waals surface area contributed by atoms with Gasteiger partial charge in [-0.25, -0.2) is 9.97 Å². The van der Waals surface area contributed by atoms with E-state index in [4.69, 9.17) is 4.74 Å². The lowest BCUT2D eigenvalue weighted by Crippen LogP contribution is -2.33. The first-order valence-electron chi connectivity index (χ1n) is 11.6. The zero-order chi connectivity index (χ0) is 25.5. The molecule has 0 aliphatic carbocycles. The average molecular weight is 481 g/mol. The first-order chi connectivity index (χ1) is 17.4. The highest BCUT2D eigenvalue weighted by molar-refractivity contribution is 6.04. The third-order valence-electron chi connectivity index (χ3n) is 5.59. The number of ketones is 1. The molecule has 0 saturated carbocycles. The first-order valence-corrected chi connectivity index (χ1v) is 11.6. The lowest BCUT2D eigenvalue weighted by molar-refractivity contribution is 0.0747. The molecular formula is C29H28N4O3. The Labute approximate surface area is 211 Å². The summed E-state index contributed by atoms with van der Waals surface area (Å²) in [6.45, 7) is 0.312. The number of carbonyl (C=O) groups is 2. The largest absolute Gasteiger partial charge is 0.489 e. The van der Waals surface area contributed by atoms with Crippen molar-refractivity contribution in [1.82, 2.24) is 14.9 Å². The van der Waals surface area contributed by atoms with E-state index in [0.717, 1.165) is 11.1 Å². The van der Waals surface area contributed by atoms with E-state index in [-0.39, 0.29) is 18.2 Å². The van der Waals surface area contributed by atoms with Crippen molar-refractivity contribution in [2.75, 3.05) is 32.6 Å². The number of aromatic nitrogens is 2. The summed E-state index contributed by atoms with van der Waals surface area (Å²) < 4.78 is 5.85. The average Bonchev–Trinajstić information content (AvgIpc) is 2.92. The summed E-state index contributed by atoms with van der Waals surface area (Å²) in [6.07, 6.45) is 1.52. The molecule has 4 aromatic rings. The summed E-state index contributed by atoms with van der Waals surface area (Å²) in [6, 6.07) is 26.3. The van der Waals surface area contributed by atoms with E-state index in [1.165, 1.54) is 11.1 Å². The predicted octanol–water partition coefficient (Wildman–Crippen LogP) is 4.74. The SMILES string of the molecule is CN(CC(=O)c1cccc(OCc2ccccc2)c1)C(=O)c1cnc(N(C)C)nc1-c1ccccc1. The van der Waals surface area contributed by atoms with Gasteiger partial charge in [-0.3, -0.25) is 9.59 Å². The number of likely N-dealkylation sites (N-methyl/N-ethyl adjacent to an activating group) is 1. The zero-order valence-electron chi connectivity index (χ0n) is 20.6. The Hall–Kier alpha value is -4.52. The van der Waals surface area contributed by atoms with E-state index in [1.807, 2.05) is 80.8 Å². The van der Waals surface area contributed by atoms with E-state index in [9.17, 15) is 9.59 Å². The number of hydrogen-bond donors (Lipinski definition) is 0. The molecule has 0 aliphatic heterocycles. The van der Waals surface area contributed by atoms with Gasteiger partial charge in [-0.05, 0) is 17.7 Å². The van der Waals surface area contributed by atoms with Crippen LogP contribution in [-0.2, 0) is 6.61 Å². The summed E-state index contributed by atoms with van der Waals surface area (Å²) in [5.41, 5.74) is 3.17. The third kappa shape index (κ3) is 5.93. The van der Waals surface area contributed by atoms with Crippen molar-refractivity contribution >= 4 is 17.6 Å². The van der Waals surface area contributed by atoms with Crippen LogP contribution in [0.5, 0.6) is 5.75 Å². The Bertz CT molecular complexity index is 1340. The molecule has 182 valence electrons. The van der Waals surface area contributed by atoms with Gasteiger partial charge < -0.3 is 14.5 Å². The molecule has 1 aromatic heterocycles. The second-order valence-electron chi connectivity index (χ2n) is 8.58. The second kappa shape index (κ2) is 11.3. The maximum atomic E-state index is 13.4. The minimum atomic E-state index is -0.330. The molecule has 4 rings (SSSR count). The number of amides is 1. The van der Waals surface area contributed by atoms with Gasteiger partial charge in [-0.15, -0.1) is 0 Å². The monoisotopic (exact) mass is 480 g/mol. The van der Waals surface area contributed by atoms with Crippen molar-refractivity contribution in [2.24, 2.45) is 0 Å². The fourth-order valence-corrected chi connectivity index (χ4v) is 3.64. The summed E-state index contributed by atoms with van der Waals surface area (Å²) in [7, 11) is 5.28. The van der Waals surface area contributed by atoms with Crippen LogP contribution in [0.3, 0.4) is 0 Å². The number of Topliss-reactive ketones (excluding diaryl/α,β-unsaturated/α-hetero) is 1. The summed E-state index contributed by atoms with van der Waals surface area (Å²) in [5.74, 6) is 0.571. The molecule has 0 saturated heterocycles. The van der Waals surface area contributed by atoms with Crippen molar-refractivity contribution in [3.63, 3.8) is 0 Å². The van der Waals surface area contributed by atoms with Gasteiger partial charge in [0, 0.05) is 38.5 Å². The lowest BCUT2D eigenvalue weighted by Gasteiger charge is -2.19. The number of hydrogen-bond acceptors (Lipinski definition) is 6. The van der Waals surface area contributed by atoms with Gasteiger partial charge in [-0.2, -0.15) is 0 Å². The van der Waals surface area contributed by atoms with E-state index in [0.29, 0.717) is 35.1 Å². The van der Waals surface area contributed by atoms with Crippen molar-refractivity contribution in [2.45, 2.75) is 6.61 Å². The Morgan fingerprint density at radius 3 is 2.25 bits per heavy atom. The first kappa shape index (κ1) is 24.6. The molecular weight excluding hydrogens is 452 g/mol. The number of nitrogens with zero attached hydrogens (tertiary/aromatic N) is 4. The normalized spacial score (nSPS) is 10.5. The number of ether oxygens (including phenoxy) is 1. The maximum absolute atomic E-state index is 13.4. The maximum Gasteiger partial charge on any atom is 0.257 e. The molecule has 0 unspecified atom stereocenters. The Morgan fingerprint density at radius 1 is 0.861 bits per heavy atom. The minimum Gasteiger partial charge on any atom is -0.489 e. The zero-order valence-corrected chi connectivity index (χ0v) is 20.6. The molecule has 0 aliphatic rings. The highest BCUT2D eigenvalue weighted by Crippen LogP contribution is 2.24. The molecule has 0 fully saturated rings. The summed E-state index contributed by atoms with van der Waals surface area (Å²) in [5, 5.41) is 0. The molecule has 0 N–H and O–H groups in total. The smallest absolute Gasteiger partial charge is 0.257 e. The molecule has 36 heavy (non-hydrogen) atoms. The summed E-state index contributed by atoms with van der Waals surface area (Å²) in [4.78, 5) is 38.5. The lowest BCUT2D eigenvalue weighted by atomic mass is 10.1. The van der Waals surface area contributed by atoms with Crippen molar-refractivity contribution < 1.29 is 14.3 Å². The van der Waals surface area contributed by atoms with E-state index in [1.54, 1.807) is 30.1 Å². The van der Waals surface area contributed by atoms with Gasteiger partial charge in [0.2, 0.25) is 5.95 Å². The van der Waals surface area contributed by atoms with Gasteiger partial charge in [0.15, 0.2) is 5.78 Å². The molecule has 7 nitrogen and oxygen atoms in total. The number of benzene rings is 3. The molecule has 3 aromatic carbocycles. The van der Waals surface area contributed by atoms with Crippen molar-refractivity contribution in [3.8, 4) is 17.0 Å². The van der Waals surface area contributed by atoms with Gasteiger partial charge in [0.05, 0.1) is 17.8 Å². The quantitative estimate of drug-likeness (QED) is 0.322. The topological polar surface area (TPSA) is 75.6 Å². The van der Waals surface area contributed by atoms with Crippen LogP contribution in [-0.4, -0.2) is 54.2 Å². The van der Waals surface area contributed by atoms with Crippen LogP contribution in [0.2, 0.25) is 0 Å². The summed E-state index contributed by atoms with van der Waals surface area (Å²) >= 11 is 0. The fourth-order valence-electron chi connectivity index (χ4n) is 3.64. The van der Waals surface area contributed by atoms with Crippen LogP contribution in [0.15, 0.2) is 91.1 Å². The predicted molar refractivity (Wildman–Crippen MR) is 140 cm³/mol. The third-order valence-corrected chi connectivity index (χ3v) is 5.59. The fraction of sp³-hybridized carbons (Fsp3) is 0.172. The van der Waals surface area contributed by atoms with E-state index in [2.05, 4.69) is 9.97 Å². The molecule has 0 spiro atoms. The highest BCUT2D eigenvalue weighted by atomic mass is 16.5. The second-order valence-corrected chi connectivity index (χ2v) is 8.58. The Kier molecular flexibility index (Phi) is 7.70. The van der Waals surface area contributed by atoms with Gasteiger partial charge in [0.1, 0.15) is 12.4 Å². The van der Waals surface area contributed by atoms with Gasteiger partial charge in [0.25, 0.3) is 5.91 Å². The van der Waals surface area contributed by atoms with Crippen molar-refractivity contribution in [1.29, 1.82) is 0 Å². The molecule has 0 atom stereocenters. The van der Waals surface area contributed by atoms with E-state index >= 15 is 0 Å². The van der Waals surface area contributed by atoms with Crippen LogP contribution >= 0.6 is 0 Å². The number of carbonyl (C=O) groups excluding carboxylic acids is 2. The van der Waals surface area contributed by atoms with Gasteiger partial charge >= 0.3 is 0 Å². The van der Waals surface area contributed by atoms with Crippen LogP contribution in [0.1, 0.15) is 26.3 Å². The van der Waals surface area contributed by atoms with Crippen molar-refractivity contribution in [3.05, 3.63) is 108 Å². The highest BCUT2D eigenvalue weighted by Gasteiger charge is 2.22. The molecule has 7 heteroatoms. The minimum absolute atomic E-state index is 0.0926. The Morgan fingerprint density at radius 2 is 1.56 bits per heavy atom. The van der Waals surface area contributed by atoms with Crippen LogP contribution in [0, 0.1) is 0 Å². The van der Waals surface area contributed by atoms with Gasteiger partial charge in [-0.1, -0.05) is 72.8 Å². The van der Waals surface area contributed by atoms with Crippen LogP contribution in [0.25, 0.3) is 11.3 Å². The van der Waals surface area contributed by atoms with Crippen LogP contribution < -0.4 is 9.64 Å². The van der Waals surface area contributed by atoms with E-state index < -0.39 is 0 Å². The number of rotatable bonds is 9. The molecule has 1 heterocycles. The van der Waals surface area contributed by atoms with Crippen LogP contribution in [0.4, 0.5) is 5.95 Å². The molecule has 0 radical (unpaired) electrons. The molecule has 0 bridgehead atoms. The molecule has 1 amide bonds. The Balaban J connectivity index is 1.49. The standard InChI is InChI=1S/C29H28N4O3/c1-32(2)29-30-18-25(27(31-29)22-13-8-5-9-14-22)28(35)33(3)19-26(34)23-15-10-16-24(17-23)36-20-21-11-6-4-7-12-21/h4-18H,19-20H2,1-3H3. The number of anilines is 1.